The summed E-state index contributed by atoms with van der Waals surface area (Å²) in [4.78, 5) is 12.3. The molecule has 0 heterocycles. The highest BCUT2D eigenvalue weighted by molar-refractivity contribution is 5.84. The Morgan fingerprint density at radius 1 is 1.41 bits per heavy atom. The van der Waals surface area contributed by atoms with E-state index in [1.807, 2.05) is 0 Å². The monoisotopic (exact) mass is 240 g/mol. The van der Waals surface area contributed by atoms with Crippen LogP contribution in [0.5, 0.6) is 0 Å². The molecule has 2 heteroatoms. The van der Waals surface area contributed by atoms with Crippen molar-refractivity contribution in [1.29, 1.82) is 0 Å². The molecule has 0 aromatic rings. The zero-order valence-electron chi connectivity index (χ0n) is 12.3. The Bertz CT molecular complexity index is 281. The Morgan fingerprint density at radius 3 is 2.41 bits per heavy atom. The van der Waals surface area contributed by atoms with Gasteiger partial charge in [-0.2, -0.15) is 0 Å². The summed E-state index contributed by atoms with van der Waals surface area (Å²) >= 11 is 0. The molecule has 2 atom stereocenters. The van der Waals surface area contributed by atoms with Gasteiger partial charge >= 0.3 is 0 Å². The Kier molecular flexibility index (Phi) is 4.40. The predicted molar refractivity (Wildman–Crippen MR) is 71.0 cm³/mol. The van der Waals surface area contributed by atoms with Gasteiger partial charge in [0.05, 0.1) is 11.5 Å². The van der Waals surface area contributed by atoms with E-state index in [9.17, 15) is 4.79 Å². The fourth-order valence-electron chi connectivity index (χ4n) is 3.61. The fraction of sp³-hybridized carbons (Fsp3) is 0.933. The third kappa shape index (κ3) is 2.42. The van der Waals surface area contributed by atoms with Crippen LogP contribution in [0.25, 0.3) is 0 Å². The largest absolute Gasteiger partial charge is 0.380 e. The minimum absolute atomic E-state index is 0.0639. The molecule has 0 aromatic carbocycles. The lowest BCUT2D eigenvalue weighted by molar-refractivity contribution is -0.142. The maximum Gasteiger partial charge on any atom is 0.139 e. The van der Waals surface area contributed by atoms with Gasteiger partial charge in [0.2, 0.25) is 0 Å². The van der Waals surface area contributed by atoms with E-state index in [4.69, 9.17) is 4.74 Å². The molecule has 0 aromatic heterocycles. The third-order valence-electron chi connectivity index (χ3n) is 4.82. The van der Waals surface area contributed by atoms with Crippen LogP contribution in [-0.4, -0.2) is 19.0 Å². The van der Waals surface area contributed by atoms with Gasteiger partial charge in [0.1, 0.15) is 5.78 Å². The van der Waals surface area contributed by atoms with Gasteiger partial charge in [-0.1, -0.05) is 27.7 Å². The second-order valence-electron chi connectivity index (χ2n) is 6.61. The molecular formula is C15H28O2. The Balaban J connectivity index is 3.05. The lowest BCUT2D eigenvalue weighted by Crippen LogP contribution is -2.47. The Hall–Kier alpha value is -0.370. The molecule has 1 saturated carbocycles. The smallest absolute Gasteiger partial charge is 0.139 e. The minimum atomic E-state index is -0.272. The number of carbonyl (C=O) groups is 1. The van der Waals surface area contributed by atoms with Crippen LogP contribution in [0.1, 0.15) is 60.3 Å². The number of rotatable bonds is 5. The van der Waals surface area contributed by atoms with Crippen LogP contribution in [-0.2, 0) is 9.53 Å². The number of Topliss-reactive ketones (excluding diaryl/α,β-unsaturated/α-hetero) is 1. The average Bonchev–Trinajstić information content (AvgIpc) is 2.47. The van der Waals surface area contributed by atoms with Crippen LogP contribution in [0.15, 0.2) is 0 Å². The highest BCUT2D eigenvalue weighted by atomic mass is 16.5. The molecule has 1 fully saturated rings. The molecule has 0 spiro atoms. The first-order valence-electron chi connectivity index (χ1n) is 6.82. The molecule has 0 radical (unpaired) electrons. The highest BCUT2D eigenvalue weighted by Gasteiger charge is 2.58. The number of ketones is 1. The van der Waals surface area contributed by atoms with Crippen LogP contribution >= 0.6 is 0 Å². The number of hydrogen-bond donors (Lipinski definition) is 0. The van der Waals surface area contributed by atoms with Crippen molar-refractivity contribution in [2.45, 2.75) is 66.4 Å². The van der Waals surface area contributed by atoms with Crippen LogP contribution in [0, 0.1) is 16.7 Å². The first-order valence-corrected chi connectivity index (χ1v) is 6.82. The van der Waals surface area contributed by atoms with E-state index in [1.165, 1.54) is 0 Å². The van der Waals surface area contributed by atoms with Gasteiger partial charge in [0.15, 0.2) is 0 Å². The standard InChI is InChI=1S/C15H28O2/c1-11(2)7-10-15(12(3)16)13(17-6)8-9-14(15,4)5/h11,13H,7-10H2,1-6H3/t13-,15-/m1/s1. The number of carbonyl (C=O) groups excluding carboxylic acids is 1. The molecule has 2 nitrogen and oxygen atoms in total. The summed E-state index contributed by atoms with van der Waals surface area (Å²) in [6, 6.07) is 0. The Morgan fingerprint density at radius 2 is 2.00 bits per heavy atom. The molecule has 1 rings (SSSR count). The summed E-state index contributed by atoms with van der Waals surface area (Å²) in [5, 5.41) is 0. The normalized spacial score (nSPS) is 32.1. The van der Waals surface area contributed by atoms with Crippen LogP contribution in [0.4, 0.5) is 0 Å². The summed E-state index contributed by atoms with van der Waals surface area (Å²) in [6.07, 6.45) is 4.27. The van der Waals surface area contributed by atoms with Gasteiger partial charge < -0.3 is 4.74 Å². The number of methoxy groups -OCH3 is 1. The maximum absolute atomic E-state index is 12.3. The van der Waals surface area contributed by atoms with E-state index >= 15 is 0 Å². The molecule has 0 amide bonds. The van der Waals surface area contributed by atoms with Crippen molar-refractivity contribution >= 4 is 5.78 Å². The van der Waals surface area contributed by atoms with Crippen molar-refractivity contribution < 1.29 is 9.53 Å². The van der Waals surface area contributed by atoms with Gasteiger partial charge in [-0.05, 0) is 43.9 Å². The molecule has 1 aliphatic rings. The van der Waals surface area contributed by atoms with E-state index in [0.29, 0.717) is 11.7 Å². The molecule has 17 heavy (non-hydrogen) atoms. The van der Waals surface area contributed by atoms with Crippen LogP contribution in [0.2, 0.25) is 0 Å². The summed E-state index contributed by atoms with van der Waals surface area (Å²) in [7, 11) is 1.75. The second kappa shape index (κ2) is 5.09. The molecule has 1 aliphatic carbocycles. The van der Waals surface area contributed by atoms with E-state index in [0.717, 1.165) is 25.7 Å². The third-order valence-corrected chi connectivity index (χ3v) is 4.82. The highest BCUT2D eigenvalue weighted by Crippen LogP contribution is 2.57. The topological polar surface area (TPSA) is 26.3 Å². The van der Waals surface area contributed by atoms with Crippen LogP contribution < -0.4 is 0 Å². The molecule has 0 aliphatic heterocycles. The van der Waals surface area contributed by atoms with Gasteiger partial charge in [-0.25, -0.2) is 0 Å². The lowest BCUT2D eigenvalue weighted by Gasteiger charge is -2.43. The molecule has 0 bridgehead atoms. The summed E-state index contributed by atoms with van der Waals surface area (Å²) in [6.45, 7) is 10.6. The molecule has 0 N–H and O–H groups in total. The SMILES string of the molecule is CO[C@@H]1CCC(C)(C)[C@]1(CCC(C)C)C(C)=O. The lowest BCUT2D eigenvalue weighted by atomic mass is 9.61. The van der Waals surface area contributed by atoms with Crippen molar-refractivity contribution in [3.8, 4) is 0 Å². The van der Waals surface area contributed by atoms with Crippen molar-refractivity contribution in [3.05, 3.63) is 0 Å². The van der Waals surface area contributed by atoms with Crippen molar-refractivity contribution in [2.24, 2.45) is 16.7 Å². The minimum Gasteiger partial charge on any atom is -0.380 e. The van der Waals surface area contributed by atoms with Crippen molar-refractivity contribution in [2.75, 3.05) is 7.11 Å². The van der Waals surface area contributed by atoms with Crippen molar-refractivity contribution in [1.82, 2.24) is 0 Å². The summed E-state index contributed by atoms with van der Waals surface area (Å²) in [5.41, 5.74) is -0.208. The van der Waals surface area contributed by atoms with E-state index in [-0.39, 0.29) is 16.9 Å². The molecule has 0 unspecified atom stereocenters. The first kappa shape index (κ1) is 14.7. The van der Waals surface area contributed by atoms with E-state index < -0.39 is 0 Å². The van der Waals surface area contributed by atoms with E-state index in [1.54, 1.807) is 14.0 Å². The first-order chi connectivity index (χ1) is 7.78. The quantitative estimate of drug-likeness (QED) is 0.730. The van der Waals surface area contributed by atoms with Crippen LogP contribution in [0.3, 0.4) is 0 Å². The van der Waals surface area contributed by atoms with Gasteiger partial charge in [-0.15, -0.1) is 0 Å². The predicted octanol–water partition coefficient (Wildman–Crippen LogP) is 3.83. The van der Waals surface area contributed by atoms with Gasteiger partial charge in [-0.3, -0.25) is 4.79 Å². The molecule has 0 saturated heterocycles. The fourth-order valence-corrected chi connectivity index (χ4v) is 3.61. The molecule has 100 valence electrons. The number of ether oxygens (including phenoxy) is 1. The summed E-state index contributed by atoms with van der Waals surface area (Å²) in [5.74, 6) is 0.952. The average molecular weight is 240 g/mol. The van der Waals surface area contributed by atoms with E-state index in [2.05, 4.69) is 27.7 Å². The second-order valence-corrected chi connectivity index (χ2v) is 6.61. The van der Waals surface area contributed by atoms with Gasteiger partial charge in [0.25, 0.3) is 0 Å². The zero-order chi connectivity index (χ0) is 13.3. The van der Waals surface area contributed by atoms with Gasteiger partial charge in [0, 0.05) is 7.11 Å². The number of hydrogen-bond acceptors (Lipinski definition) is 2. The molecular weight excluding hydrogens is 212 g/mol. The summed E-state index contributed by atoms with van der Waals surface area (Å²) < 4.78 is 5.64. The Labute approximate surface area is 106 Å². The zero-order valence-corrected chi connectivity index (χ0v) is 12.3. The van der Waals surface area contributed by atoms with Crippen molar-refractivity contribution in [3.63, 3.8) is 0 Å². The maximum atomic E-state index is 12.3.